The van der Waals surface area contributed by atoms with Gasteiger partial charge in [0, 0.05) is 24.5 Å². The third-order valence-electron chi connectivity index (χ3n) is 4.25. The first-order valence-corrected chi connectivity index (χ1v) is 8.44. The number of imidazole rings is 1. The van der Waals surface area contributed by atoms with Crippen molar-refractivity contribution in [3.05, 3.63) is 90.0 Å². The number of hydrogen-bond acceptors (Lipinski definition) is 3. The molecule has 0 bridgehead atoms. The average molecular weight is 328 g/mol. The van der Waals surface area contributed by atoms with Crippen molar-refractivity contribution < 1.29 is 0 Å². The maximum atomic E-state index is 4.51. The molecule has 2 aromatic carbocycles. The normalized spacial score (nSPS) is 11.1. The highest BCUT2D eigenvalue weighted by atomic mass is 15.0. The first-order valence-electron chi connectivity index (χ1n) is 8.44. The molecule has 2 aromatic heterocycles. The first-order chi connectivity index (χ1) is 12.3. The van der Waals surface area contributed by atoms with E-state index in [2.05, 4.69) is 50.2 Å². The molecule has 0 aliphatic rings. The Kier molecular flexibility index (Phi) is 4.27. The van der Waals surface area contributed by atoms with Crippen molar-refractivity contribution in [1.82, 2.24) is 19.9 Å². The van der Waals surface area contributed by atoms with Crippen LogP contribution in [0, 0.1) is 6.92 Å². The van der Waals surface area contributed by atoms with Crippen molar-refractivity contribution >= 4 is 11.0 Å². The lowest BCUT2D eigenvalue weighted by Crippen LogP contribution is -2.13. The third-order valence-corrected chi connectivity index (χ3v) is 4.25. The summed E-state index contributed by atoms with van der Waals surface area (Å²) in [5, 5.41) is 3.45. The summed E-state index contributed by atoms with van der Waals surface area (Å²) in [7, 11) is 0. The summed E-state index contributed by atoms with van der Waals surface area (Å²) in [6.45, 7) is 3.61. The van der Waals surface area contributed by atoms with Crippen LogP contribution in [-0.4, -0.2) is 14.5 Å². The number of aromatic nitrogens is 3. The summed E-state index contributed by atoms with van der Waals surface area (Å²) in [5.41, 5.74) is 6.63. The van der Waals surface area contributed by atoms with Gasteiger partial charge in [0.05, 0.1) is 16.7 Å². The number of hydrogen-bond donors (Lipinski definition) is 1. The van der Waals surface area contributed by atoms with Gasteiger partial charge >= 0.3 is 0 Å². The van der Waals surface area contributed by atoms with Gasteiger partial charge in [-0.2, -0.15) is 0 Å². The van der Waals surface area contributed by atoms with Crippen LogP contribution >= 0.6 is 0 Å². The molecule has 124 valence electrons. The number of nitrogens with one attached hydrogen (secondary N) is 1. The number of pyridine rings is 1. The van der Waals surface area contributed by atoms with Crippen molar-refractivity contribution in [3.8, 4) is 5.69 Å². The second-order valence-corrected chi connectivity index (χ2v) is 6.14. The van der Waals surface area contributed by atoms with Crippen LogP contribution in [0.5, 0.6) is 0 Å². The van der Waals surface area contributed by atoms with Crippen molar-refractivity contribution in [2.24, 2.45) is 0 Å². The second-order valence-electron chi connectivity index (χ2n) is 6.14. The predicted molar refractivity (Wildman–Crippen MR) is 101 cm³/mol. The quantitative estimate of drug-likeness (QED) is 0.602. The summed E-state index contributed by atoms with van der Waals surface area (Å²) < 4.78 is 2.11. The Balaban J connectivity index is 1.43. The van der Waals surface area contributed by atoms with Crippen LogP contribution in [0.15, 0.2) is 73.1 Å². The summed E-state index contributed by atoms with van der Waals surface area (Å²) in [5.74, 6) is 0. The highest BCUT2D eigenvalue weighted by Gasteiger charge is 2.04. The number of benzene rings is 2. The zero-order valence-electron chi connectivity index (χ0n) is 14.2. The molecule has 0 aliphatic heterocycles. The van der Waals surface area contributed by atoms with Gasteiger partial charge in [0.15, 0.2) is 0 Å². The molecular formula is C21H20N4. The molecule has 4 nitrogen and oxygen atoms in total. The highest BCUT2D eigenvalue weighted by molar-refractivity contribution is 5.77. The first kappa shape index (κ1) is 15.5. The number of para-hydroxylation sites is 2. The van der Waals surface area contributed by atoms with Gasteiger partial charge in [-0.1, -0.05) is 30.3 Å². The monoisotopic (exact) mass is 328 g/mol. The van der Waals surface area contributed by atoms with Crippen molar-refractivity contribution in [2.75, 3.05) is 0 Å². The minimum atomic E-state index is 0.773. The largest absolute Gasteiger partial charge is 0.307 e. The number of fused-ring (bicyclic) bond motifs is 1. The molecule has 1 N–H and O–H groups in total. The fourth-order valence-corrected chi connectivity index (χ4v) is 2.97. The Hall–Kier alpha value is -2.98. The molecule has 0 saturated carbocycles. The fourth-order valence-electron chi connectivity index (χ4n) is 2.97. The van der Waals surface area contributed by atoms with Gasteiger partial charge in [-0.05, 0) is 48.9 Å². The molecule has 0 saturated heterocycles. The highest BCUT2D eigenvalue weighted by Crippen LogP contribution is 2.18. The van der Waals surface area contributed by atoms with E-state index in [0.717, 1.165) is 41.2 Å². The Bertz CT molecular complexity index is 986. The van der Waals surface area contributed by atoms with Gasteiger partial charge < -0.3 is 5.32 Å². The van der Waals surface area contributed by atoms with E-state index in [1.54, 1.807) is 0 Å². The molecule has 25 heavy (non-hydrogen) atoms. The molecule has 0 aliphatic carbocycles. The molecule has 4 rings (SSSR count). The maximum absolute atomic E-state index is 4.51. The molecule has 4 aromatic rings. The van der Waals surface area contributed by atoms with Gasteiger partial charge in [0.25, 0.3) is 0 Å². The summed E-state index contributed by atoms with van der Waals surface area (Å²) in [4.78, 5) is 8.96. The molecule has 0 radical (unpaired) electrons. The van der Waals surface area contributed by atoms with Crippen LogP contribution in [0.3, 0.4) is 0 Å². The summed E-state index contributed by atoms with van der Waals surface area (Å²) >= 11 is 0. The van der Waals surface area contributed by atoms with Crippen molar-refractivity contribution in [1.29, 1.82) is 0 Å². The van der Waals surface area contributed by atoms with E-state index in [-0.39, 0.29) is 0 Å². The lowest BCUT2D eigenvalue weighted by atomic mass is 10.2. The zero-order chi connectivity index (χ0) is 17.1. The van der Waals surface area contributed by atoms with Crippen LogP contribution < -0.4 is 5.32 Å². The Labute approximate surface area is 147 Å². The smallest absolute Gasteiger partial charge is 0.100 e. The van der Waals surface area contributed by atoms with E-state index in [4.69, 9.17) is 0 Å². The zero-order valence-corrected chi connectivity index (χ0v) is 14.2. The lowest BCUT2D eigenvalue weighted by molar-refractivity contribution is 0.678. The molecule has 0 fully saturated rings. The maximum Gasteiger partial charge on any atom is 0.100 e. The van der Waals surface area contributed by atoms with E-state index in [1.165, 1.54) is 5.56 Å². The van der Waals surface area contributed by atoms with Gasteiger partial charge in [-0.15, -0.1) is 0 Å². The molecule has 0 amide bonds. The third kappa shape index (κ3) is 3.44. The van der Waals surface area contributed by atoms with E-state index in [9.17, 15) is 0 Å². The molecule has 2 heterocycles. The lowest BCUT2D eigenvalue weighted by Gasteiger charge is -2.08. The van der Waals surface area contributed by atoms with Crippen molar-refractivity contribution in [3.63, 3.8) is 0 Å². The van der Waals surface area contributed by atoms with Gasteiger partial charge in [0.1, 0.15) is 6.33 Å². The SMILES string of the molecule is Cc1cccc(CNCc2ccc(-n3cnc4ccccc43)cc2)n1. The second kappa shape index (κ2) is 6.87. The summed E-state index contributed by atoms with van der Waals surface area (Å²) in [6.07, 6.45) is 1.88. The average Bonchev–Trinajstić information content (AvgIpc) is 3.07. The number of aryl methyl sites for hydroxylation is 1. The number of rotatable bonds is 5. The fraction of sp³-hybridized carbons (Fsp3) is 0.143. The van der Waals surface area contributed by atoms with E-state index >= 15 is 0 Å². The summed E-state index contributed by atoms with van der Waals surface area (Å²) in [6, 6.07) is 22.9. The van der Waals surface area contributed by atoms with Crippen LogP contribution in [0.25, 0.3) is 16.7 Å². The van der Waals surface area contributed by atoms with Crippen LogP contribution in [0.1, 0.15) is 17.0 Å². The standard InChI is InChI=1S/C21H20N4/c1-16-5-4-6-18(24-16)14-22-13-17-9-11-19(12-10-17)25-15-23-20-7-2-3-8-21(20)25/h2-12,15,22H,13-14H2,1H3. The molecule has 4 heteroatoms. The molecule has 0 atom stereocenters. The molecule has 0 unspecified atom stereocenters. The van der Waals surface area contributed by atoms with E-state index < -0.39 is 0 Å². The van der Waals surface area contributed by atoms with Crippen LogP contribution in [0.4, 0.5) is 0 Å². The number of nitrogens with zero attached hydrogens (tertiary/aromatic N) is 3. The van der Waals surface area contributed by atoms with Crippen LogP contribution in [-0.2, 0) is 13.1 Å². The van der Waals surface area contributed by atoms with Gasteiger partial charge in [-0.25, -0.2) is 4.98 Å². The minimum Gasteiger partial charge on any atom is -0.307 e. The topological polar surface area (TPSA) is 42.7 Å². The van der Waals surface area contributed by atoms with E-state index in [0.29, 0.717) is 0 Å². The Morgan fingerprint density at radius 1 is 0.880 bits per heavy atom. The molecular weight excluding hydrogens is 308 g/mol. The van der Waals surface area contributed by atoms with Crippen molar-refractivity contribution in [2.45, 2.75) is 20.0 Å². The minimum absolute atomic E-state index is 0.773. The van der Waals surface area contributed by atoms with Gasteiger partial charge in [-0.3, -0.25) is 9.55 Å². The predicted octanol–water partition coefficient (Wildman–Crippen LogP) is 4.02. The van der Waals surface area contributed by atoms with Crippen LogP contribution in [0.2, 0.25) is 0 Å². The molecule has 0 spiro atoms. The van der Waals surface area contributed by atoms with Gasteiger partial charge in [0.2, 0.25) is 0 Å². The van der Waals surface area contributed by atoms with E-state index in [1.807, 2.05) is 49.6 Å². The Morgan fingerprint density at radius 2 is 1.72 bits per heavy atom. The Morgan fingerprint density at radius 3 is 2.56 bits per heavy atom.